The standard InChI is InChI=1S/C19H19N/c1-13(2)18-10-9-17-12-16(8-11-19(17)20-18)15-6-4-14(3)5-7-15/h4-13H,1-3H3. The van der Waals surface area contributed by atoms with Crippen molar-refractivity contribution in [3.8, 4) is 11.1 Å². The lowest BCUT2D eigenvalue weighted by Gasteiger charge is -2.08. The summed E-state index contributed by atoms with van der Waals surface area (Å²) in [6, 6.07) is 19.5. The van der Waals surface area contributed by atoms with Crippen molar-refractivity contribution in [3.05, 3.63) is 65.9 Å². The van der Waals surface area contributed by atoms with E-state index in [0.29, 0.717) is 5.92 Å². The Balaban J connectivity index is 2.07. The quantitative estimate of drug-likeness (QED) is 0.607. The molecular formula is C19H19N. The fourth-order valence-corrected chi connectivity index (χ4v) is 2.39. The van der Waals surface area contributed by atoms with E-state index in [1.807, 2.05) is 0 Å². The normalized spacial score (nSPS) is 11.2. The Kier molecular flexibility index (Phi) is 3.27. The smallest absolute Gasteiger partial charge is 0.0705 e. The van der Waals surface area contributed by atoms with Crippen LogP contribution in [0.4, 0.5) is 0 Å². The van der Waals surface area contributed by atoms with Crippen molar-refractivity contribution in [2.24, 2.45) is 0 Å². The summed E-state index contributed by atoms with van der Waals surface area (Å²) >= 11 is 0. The second-order valence-electron chi connectivity index (χ2n) is 5.66. The van der Waals surface area contributed by atoms with Crippen LogP contribution in [-0.4, -0.2) is 4.98 Å². The first kappa shape index (κ1) is 12.9. The summed E-state index contributed by atoms with van der Waals surface area (Å²) < 4.78 is 0. The third-order valence-corrected chi connectivity index (χ3v) is 3.69. The van der Waals surface area contributed by atoms with Crippen LogP contribution in [0.5, 0.6) is 0 Å². The molecule has 3 aromatic rings. The molecule has 0 atom stereocenters. The van der Waals surface area contributed by atoms with Crippen LogP contribution in [0.25, 0.3) is 22.0 Å². The van der Waals surface area contributed by atoms with Gasteiger partial charge >= 0.3 is 0 Å². The minimum absolute atomic E-state index is 0.469. The summed E-state index contributed by atoms with van der Waals surface area (Å²) in [5.74, 6) is 0.469. The first-order chi connectivity index (χ1) is 9.63. The van der Waals surface area contributed by atoms with Crippen molar-refractivity contribution in [3.63, 3.8) is 0 Å². The zero-order valence-electron chi connectivity index (χ0n) is 12.2. The number of fused-ring (bicyclic) bond motifs is 1. The maximum atomic E-state index is 4.72. The van der Waals surface area contributed by atoms with E-state index in [1.54, 1.807) is 0 Å². The lowest BCUT2D eigenvalue weighted by Crippen LogP contribution is -1.92. The zero-order chi connectivity index (χ0) is 14.1. The lowest BCUT2D eigenvalue weighted by atomic mass is 10.0. The Hall–Kier alpha value is -2.15. The Morgan fingerprint density at radius 1 is 0.800 bits per heavy atom. The molecule has 0 saturated carbocycles. The van der Waals surface area contributed by atoms with Crippen molar-refractivity contribution >= 4 is 10.9 Å². The molecule has 0 aliphatic rings. The molecule has 0 unspecified atom stereocenters. The van der Waals surface area contributed by atoms with Gasteiger partial charge in [-0.05, 0) is 42.2 Å². The number of rotatable bonds is 2. The van der Waals surface area contributed by atoms with E-state index in [0.717, 1.165) is 11.2 Å². The van der Waals surface area contributed by atoms with Gasteiger partial charge in [-0.1, -0.05) is 55.8 Å². The molecule has 20 heavy (non-hydrogen) atoms. The van der Waals surface area contributed by atoms with Crippen molar-refractivity contribution < 1.29 is 0 Å². The van der Waals surface area contributed by atoms with E-state index in [9.17, 15) is 0 Å². The molecule has 0 fully saturated rings. The molecule has 0 N–H and O–H groups in total. The highest BCUT2D eigenvalue weighted by molar-refractivity contribution is 5.84. The molecule has 1 heterocycles. The Morgan fingerprint density at radius 2 is 1.50 bits per heavy atom. The van der Waals surface area contributed by atoms with Gasteiger partial charge in [0.1, 0.15) is 0 Å². The predicted molar refractivity (Wildman–Crippen MR) is 86.0 cm³/mol. The summed E-state index contributed by atoms with van der Waals surface area (Å²) in [5.41, 5.74) is 6.02. The number of aryl methyl sites for hydroxylation is 1. The number of hydrogen-bond donors (Lipinski definition) is 0. The molecule has 1 heteroatoms. The van der Waals surface area contributed by atoms with Crippen LogP contribution in [0.15, 0.2) is 54.6 Å². The number of nitrogens with zero attached hydrogens (tertiary/aromatic N) is 1. The average molecular weight is 261 g/mol. The lowest BCUT2D eigenvalue weighted by molar-refractivity contribution is 0.830. The third kappa shape index (κ3) is 2.44. The Labute approximate surface area is 120 Å². The highest BCUT2D eigenvalue weighted by atomic mass is 14.7. The number of benzene rings is 2. The molecule has 100 valence electrons. The van der Waals surface area contributed by atoms with Gasteiger partial charge in [-0.25, -0.2) is 0 Å². The highest BCUT2D eigenvalue weighted by Crippen LogP contribution is 2.25. The van der Waals surface area contributed by atoms with Gasteiger partial charge in [-0.3, -0.25) is 4.98 Å². The largest absolute Gasteiger partial charge is 0.253 e. The van der Waals surface area contributed by atoms with E-state index in [4.69, 9.17) is 4.98 Å². The van der Waals surface area contributed by atoms with Gasteiger partial charge in [0.2, 0.25) is 0 Å². The van der Waals surface area contributed by atoms with Gasteiger partial charge in [0, 0.05) is 11.1 Å². The van der Waals surface area contributed by atoms with Crippen LogP contribution in [0.2, 0.25) is 0 Å². The van der Waals surface area contributed by atoms with E-state index in [-0.39, 0.29) is 0 Å². The summed E-state index contributed by atoms with van der Waals surface area (Å²) in [7, 11) is 0. The Morgan fingerprint density at radius 3 is 2.20 bits per heavy atom. The fourth-order valence-electron chi connectivity index (χ4n) is 2.39. The first-order valence-corrected chi connectivity index (χ1v) is 7.11. The minimum Gasteiger partial charge on any atom is -0.253 e. The monoisotopic (exact) mass is 261 g/mol. The molecule has 0 amide bonds. The van der Waals surface area contributed by atoms with Gasteiger partial charge in [-0.2, -0.15) is 0 Å². The molecule has 0 radical (unpaired) electrons. The molecule has 3 rings (SSSR count). The molecular weight excluding hydrogens is 242 g/mol. The molecule has 0 saturated heterocycles. The molecule has 0 bridgehead atoms. The van der Waals surface area contributed by atoms with Crippen LogP contribution < -0.4 is 0 Å². The maximum Gasteiger partial charge on any atom is 0.0705 e. The second-order valence-corrected chi connectivity index (χ2v) is 5.66. The molecule has 0 spiro atoms. The molecule has 0 aliphatic heterocycles. The van der Waals surface area contributed by atoms with Gasteiger partial charge in [0.05, 0.1) is 5.52 Å². The van der Waals surface area contributed by atoms with Gasteiger partial charge in [0.25, 0.3) is 0 Å². The SMILES string of the molecule is Cc1ccc(-c2ccc3nc(C(C)C)ccc3c2)cc1. The minimum atomic E-state index is 0.469. The fraction of sp³-hybridized carbons (Fsp3) is 0.211. The maximum absolute atomic E-state index is 4.72. The first-order valence-electron chi connectivity index (χ1n) is 7.11. The molecule has 2 aromatic carbocycles. The number of aromatic nitrogens is 1. The second kappa shape index (κ2) is 5.09. The summed E-state index contributed by atoms with van der Waals surface area (Å²) in [5, 5.41) is 1.20. The van der Waals surface area contributed by atoms with Crippen molar-refractivity contribution in [1.29, 1.82) is 0 Å². The topological polar surface area (TPSA) is 12.9 Å². The van der Waals surface area contributed by atoms with Gasteiger partial charge in [0.15, 0.2) is 0 Å². The van der Waals surface area contributed by atoms with Crippen molar-refractivity contribution in [2.45, 2.75) is 26.7 Å². The Bertz CT molecular complexity index is 739. The van der Waals surface area contributed by atoms with E-state index < -0.39 is 0 Å². The predicted octanol–water partition coefficient (Wildman–Crippen LogP) is 5.33. The van der Waals surface area contributed by atoms with E-state index in [1.165, 1.54) is 22.1 Å². The third-order valence-electron chi connectivity index (χ3n) is 3.69. The van der Waals surface area contributed by atoms with Crippen molar-refractivity contribution in [2.75, 3.05) is 0 Å². The molecule has 0 aliphatic carbocycles. The highest BCUT2D eigenvalue weighted by Gasteiger charge is 2.04. The van der Waals surface area contributed by atoms with Crippen LogP contribution in [0, 0.1) is 6.92 Å². The van der Waals surface area contributed by atoms with Crippen LogP contribution >= 0.6 is 0 Å². The number of hydrogen-bond acceptors (Lipinski definition) is 1. The molecule has 1 nitrogen and oxygen atoms in total. The van der Waals surface area contributed by atoms with Gasteiger partial charge in [-0.15, -0.1) is 0 Å². The van der Waals surface area contributed by atoms with Crippen LogP contribution in [0.3, 0.4) is 0 Å². The summed E-state index contributed by atoms with van der Waals surface area (Å²) in [6.07, 6.45) is 0. The van der Waals surface area contributed by atoms with Gasteiger partial charge < -0.3 is 0 Å². The average Bonchev–Trinajstić information content (AvgIpc) is 2.47. The van der Waals surface area contributed by atoms with E-state index in [2.05, 4.69) is 75.4 Å². The number of pyridine rings is 1. The van der Waals surface area contributed by atoms with Crippen LogP contribution in [-0.2, 0) is 0 Å². The summed E-state index contributed by atoms with van der Waals surface area (Å²) in [6.45, 7) is 6.46. The molecule has 1 aromatic heterocycles. The zero-order valence-corrected chi connectivity index (χ0v) is 12.2. The van der Waals surface area contributed by atoms with Crippen molar-refractivity contribution in [1.82, 2.24) is 4.98 Å². The van der Waals surface area contributed by atoms with Crippen LogP contribution in [0.1, 0.15) is 31.0 Å². The summed E-state index contributed by atoms with van der Waals surface area (Å²) in [4.78, 5) is 4.72. The van der Waals surface area contributed by atoms with E-state index >= 15 is 0 Å².